The topological polar surface area (TPSA) is 61.9 Å². The van der Waals surface area contributed by atoms with Crippen LogP contribution in [0.15, 0.2) is 60.3 Å². The Morgan fingerprint density at radius 3 is 2.22 bits per heavy atom. The highest BCUT2D eigenvalue weighted by Gasteiger charge is 2.38. The standard InChI is InChI=1S/C21H23N3O3/c1-23(2)17-11-9-16(10-12-17)22-19-18(15-7-5-4-6-8-15)20(25)24(21(19)26)13-14-27-3/h4-12,22H,13-14H2,1-3H3. The van der Waals surface area contributed by atoms with Gasteiger partial charge in [-0.3, -0.25) is 14.5 Å². The van der Waals surface area contributed by atoms with Gasteiger partial charge in [0, 0.05) is 32.6 Å². The molecule has 6 nitrogen and oxygen atoms in total. The number of nitrogens with zero attached hydrogens (tertiary/aromatic N) is 2. The van der Waals surface area contributed by atoms with Gasteiger partial charge in [0.05, 0.1) is 18.7 Å². The molecule has 1 aliphatic heterocycles. The molecule has 6 heteroatoms. The van der Waals surface area contributed by atoms with Crippen LogP contribution in [-0.2, 0) is 14.3 Å². The molecule has 140 valence electrons. The van der Waals surface area contributed by atoms with E-state index in [1.165, 1.54) is 4.90 Å². The first-order valence-corrected chi connectivity index (χ1v) is 8.72. The van der Waals surface area contributed by atoms with E-state index in [1.807, 2.05) is 73.6 Å². The van der Waals surface area contributed by atoms with Gasteiger partial charge in [-0.05, 0) is 29.8 Å². The molecule has 27 heavy (non-hydrogen) atoms. The van der Waals surface area contributed by atoms with Crippen LogP contribution in [0, 0.1) is 0 Å². The van der Waals surface area contributed by atoms with Gasteiger partial charge in [0.25, 0.3) is 11.8 Å². The average molecular weight is 365 g/mol. The Balaban J connectivity index is 1.97. The lowest BCUT2D eigenvalue weighted by molar-refractivity contribution is -0.137. The molecule has 2 amide bonds. The molecule has 2 aromatic rings. The SMILES string of the molecule is COCCN1C(=O)C(Nc2ccc(N(C)C)cc2)=C(c2ccccc2)C1=O. The predicted molar refractivity (Wildman–Crippen MR) is 106 cm³/mol. The van der Waals surface area contributed by atoms with Crippen molar-refractivity contribution in [3.05, 3.63) is 65.9 Å². The van der Waals surface area contributed by atoms with E-state index in [4.69, 9.17) is 4.74 Å². The van der Waals surface area contributed by atoms with Crippen molar-refractivity contribution < 1.29 is 14.3 Å². The van der Waals surface area contributed by atoms with Crippen LogP contribution in [0.1, 0.15) is 5.56 Å². The van der Waals surface area contributed by atoms with Gasteiger partial charge in [0.2, 0.25) is 0 Å². The Bertz CT molecular complexity index is 858. The fraction of sp³-hybridized carbons (Fsp3) is 0.238. The van der Waals surface area contributed by atoms with Crippen molar-refractivity contribution in [2.45, 2.75) is 0 Å². The second-order valence-corrected chi connectivity index (χ2v) is 6.44. The summed E-state index contributed by atoms with van der Waals surface area (Å²) in [7, 11) is 5.47. The summed E-state index contributed by atoms with van der Waals surface area (Å²) >= 11 is 0. The lowest BCUT2D eigenvalue weighted by Crippen LogP contribution is -2.35. The summed E-state index contributed by atoms with van der Waals surface area (Å²) < 4.78 is 5.04. The van der Waals surface area contributed by atoms with E-state index in [0.29, 0.717) is 23.4 Å². The second-order valence-electron chi connectivity index (χ2n) is 6.44. The zero-order chi connectivity index (χ0) is 19.4. The van der Waals surface area contributed by atoms with Crippen molar-refractivity contribution in [2.75, 3.05) is 44.6 Å². The van der Waals surface area contributed by atoms with Crippen molar-refractivity contribution in [3.8, 4) is 0 Å². The van der Waals surface area contributed by atoms with Crippen LogP contribution >= 0.6 is 0 Å². The zero-order valence-corrected chi connectivity index (χ0v) is 15.7. The lowest BCUT2D eigenvalue weighted by Gasteiger charge is -2.15. The third-order valence-electron chi connectivity index (χ3n) is 4.40. The van der Waals surface area contributed by atoms with E-state index in [-0.39, 0.29) is 18.4 Å². The van der Waals surface area contributed by atoms with Crippen LogP contribution in [0.3, 0.4) is 0 Å². The van der Waals surface area contributed by atoms with Crippen LogP contribution < -0.4 is 10.2 Å². The minimum Gasteiger partial charge on any atom is -0.383 e. The smallest absolute Gasteiger partial charge is 0.278 e. The fourth-order valence-corrected chi connectivity index (χ4v) is 2.94. The minimum atomic E-state index is -0.340. The highest BCUT2D eigenvalue weighted by atomic mass is 16.5. The number of nitrogens with one attached hydrogen (secondary N) is 1. The van der Waals surface area contributed by atoms with Crippen LogP contribution in [0.25, 0.3) is 5.57 Å². The molecule has 0 spiro atoms. The Labute approximate surface area is 159 Å². The average Bonchev–Trinajstić information content (AvgIpc) is 2.91. The Morgan fingerprint density at radius 2 is 1.63 bits per heavy atom. The van der Waals surface area contributed by atoms with Gasteiger partial charge >= 0.3 is 0 Å². The molecule has 0 aliphatic carbocycles. The summed E-state index contributed by atoms with van der Waals surface area (Å²) in [4.78, 5) is 29.0. The van der Waals surface area contributed by atoms with Gasteiger partial charge in [0.1, 0.15) is 5.70 Å². The molecule has 1 N–H and O–H groups in total. The first-order chi connectivity index (χ1) is 13.0. The van der Waals surface area contributed by atoms with E-state index in [1.54, 1.807) is 7.11 Å². The first-order valence-electron chi connectivity index (χ1n) is 8.72. The zero-order valence-electron chi connectivity index (χ0n) is 15.7. The van der Waals surface area contributed by atoms with E-state index in [2.05, 4.69) is 5.32 Å². The van der Waals surface area contributed by atoms with Gasteiger partial charge in [-0.25, -0.2) is 0 Å². The third kappa shape index (κ3) is 3.85. The van der Waals surface area contributed by atoms with Gasteiger partial charge in [-0.15, -0.1) is 0 Å². The number of anilines is 2. The number of ether oxygens (including phenoxy) is 1. The monoisotopic (exact) mass is 365 g/mol. The third-order valence-corrected chi connectivity index (χ3v) is 4.40. The summed E-state index contributed by atoms with van der Waals surface area (Å²) in [6.07, 6.45) is 0. The number of rotatable bonds is 7. The molecular formula is C21H23N3O3. The molecule has 0 saturated carbocycles. The van der Waals surface area contributed by atoms with E-state index >= 15 is 0 Å². The molecule has 1 heterocycles. The number of hydrogen-bond acceptors (Lipinski definition) is 5. The lowest BCUT2D eigenvalue weighted by atomic mass is 10.0. The molecule has 1 aliphatic rings. The van der Waals surface area contributed by atoms with E-state index in [9.17, 15) is 9.59 Å². The van der Waals surface area contributed by atoms with Crippen LogP contribution in [0.2, 0.25) is 0 Å². The van der Waals surface area contributed by atoms with Crippen LogP contribution in [0.5, 0.6) is 0 Å². The minimum absolute atomic E-state index is 0.218. The number of amides is 2. The van der Waals surface area contributed by atoms with E-state index < -0.39 is 0 Å². The molecule has 0 saturated heterocycles. The van der Waals surface area contributed by atoms with Gasteiger partial charge < -0.3 is 15.0 Å². The van der Waals surface area contributed by atoms with Gasteiger partial charge in [0.15, 0.2) is 0 Å². The molecule has 0 bridgehead atoms. The number of hydrogen-bond donors (Lipinski definition) is 1. The molecule has 2 aromatic carbocycles. The summed E-state index contributed by atoms with van der Waals surface area (Å²) in [5.41, 5.74) is 3.18. The van der Waals surface area contributed by atoms with Crippen LogP contribution in [0.4, 0.5) is 11.4 Å². The summed E-state index contributed by atoms with van der Waals surface area (Å²) in [6, 6.07) is 16.9. The number of methoxy groups -OCH3 is 1. The number of benzene rings is 2. The summed E-state index contributed by atoms with van der Waals surface area (Å²) in [6.45, 7) is 0.514. The van der Waals surface area contributed by atoms with Gasteiger partial charge in [-0.2, -0.15) is 0 Å². The Hall–Kier alpha value is -3.12. The molecule has 0 atom stereocenters. The largest absolute Gasteiger partial charge is 0.383 e. The summed E-state index contributed by atoms with van der Waals surface area (Å²) in [5, 5.41) is 3.15. The van der Waals surface area contributed by atoms with Crippen molar-refractivity contribution in [1.82, 2.24) is 4.90 Å². The molecule has 3 rings (SSSR count). The van der Waals surface area contributed by atoms with Crippen molar-refractivity contribution in [1.29, 1.82) is 0 Å². The Kier molecular flexibility index (Phi) is 5.57. The number of imide groups is 1. The normalized spacial score (nSPS) is 14.1. The highest BCUT2D eigenvalue weighted by molar-refractivity contribution is 6.36. The van der Waals surface area contributed by atoms with Crippen LogP contribution in [-0.4, -0.2) is 51.1 Å². The highest BCUT2D eigenvalue weighted by Crippen LogP contribution is 2.30. The molecule has 0 unspecified atom stereocenters. The van der Waals surface area contributed by atoms with Crippen molar-refractivity contribution in [3.63, 3.8) is 0 Å². The molecular weight excluding hydrogens is 342 g/mol. The molecule has 0 fully saturated rings. The maximum absolute atomic E-state index is 12.9. The first kappa shape index (κ1) is 18.7. The molecule has 0 radical (unpaired) electrons. The maximum Gasteiger partial charge on any atom is 0.278 e. The van der Waals surface area contributed by atoms with Crippen molar-refractivity contribution >= 4 is 28.8 Å². The second kappa shape index (κ2) is 8.05. The fourth-order valence-electron chi connectivity index (χ4n) is 2.94. The number of carbonyl (C=O) groups is 2. The molecule has 0 aromatic heterocycles. The van der Waals surface area contributed by atoms with Gasteiger partial charge in [-0.1, -0.05) is 30.3 Å². The summed E-state index contributed by atoms with van der Waals surface area (Å²) in [5.74, 6) is -0.650. The van der Waals surface area contributed by atoms with E-state index in [0.717, 1.165) is 11.4 Å². The predicted octanol–water partition coefficient (Wildman–Crippen LogP) is 2.59. The van der Waals surface area contributed by atoms with Crippen molar-refractivity contribution in [2.24, 2.45) is 0 Å². The quantitative estimate of drug-likeness (QED) is 0.764. The number of carbonyl (C=O) groups excluding carboxylic acids is 2. The maximum atomic E-state index is 12.9. The Morgan fingerprint density at radius 1 is 0.963 bits per heavy atom.